The van der Waals surface area contributed by atoms with Gasteiger partial charge in [-0.2, -0.15) is 17.9 Å². The van der Waals surface area contributed by atoms with E-state index in [1.165, 1.54) is 0 Å². The van der Waals surface area contributed by atoms with Crippen molar-refractivity contribution in [1.29, 1.82) is 0 Å². The van der Waals surface area contributed by atoms with Gasteiger partial charge in [0.25, 0.3) is 0 Å². The molecule has 0 aliphatic carbocycles. The summed E-state index contributed by atoms with van der Waals surface area (Å²) in [4.78, 5) is 0. The van der Waals surface area contributed by atoms with E-state index in [9.17, 15) is 17.2 Å². The van der Waals surface area contributed by atoms with E-state index in [1.54, 1.807) is 0 Å². The SMILES string of the molecule is COc1c(OS(N)(=O)=O)ccc(F)c1F. The van der Waals surface area contributed by atoms with Gasteiger partial charge in [0.2, 0.25) is 11.6 Å². The quantitative estimate of drug-likeness (QED) is 0.835. The molecule has 8 heteroatoms. The molecule has 1 rings (SSSR count). The molecule has 0 saturated heterocycles. The highest BCUT2D eigenvalue weighted by Crippen LogP contribution is 2.31. The molecule has 0 radical (unpaired) electrons. The first-order valence-corrected chi connectivity index (χ1v) is 5.06. The van der Waals surface area contributed by atoms with Gasteiger partial charge in [-0.3, -0.25) is 0 Å². The molecular formula is C7H7F2NO4S. The molecular weight excluding hydrogens is 232 g/mol. The molecule has 0 aromatic heterocycles. The van der Waals surface area contributed by atoms with Crippen molar-refractivity contribution < 1.29 is 26.1 Å². The molecule has 0 heterocycles. The van der Waals surface area contributed by atoms with E-state index in [0.717, 1.165) is 13.2 Å². The first-order valence-electron chi connectivity index (χ1n) is 3.59. The highest BCUT2D eigenvalue weighted by molar-refractivity contribution is 7.84. The lowest BCUT2D eigenvalue weighted by atomic mass is 10.3. The van der Waals surface area contributed by atoms with Crippen molar-refractivity contribution in [2.45, 2.75) is 0 Å². The van der Waals surface area contributed by atoms with E-state index in [0.29, 0.717) is 6.07 Å². The molecule has 2 N–H and O–H groups in total. The Labute approximate surface area is 84.7 Å². The predicted octanol–water partition coefficient (Wildman–Crippen LogP) is 0.556. The standard InChI is InChI=1S/C7H7F2NO4S/c1-13-7-5(14-15(10,11)12)3-2-4(8)6(7)9/h2-3H,1H3,(H2,10,11,12). The molecule has 5 nitrogen and oxygen atoms in total. The zero-order valence-electron chi connectivity index (χ0n) is 7.53. The Bertz CT molecular complexity index is 474. The highest BCUT2D eigenvalue weighted by atomic mass is 32.2. The molecule has 15 heavy (non-hydrogen) atoms. The number of methoxy groups -OCH3 is 1. The van der Waals surface area contributed by atoms with Crippen molar-refractivity contribution in [3.8, 4) is 11.5 Å². The molecule has 0 saturated carbocycles. The Morgan fingerprint density at radius 3 is 2.40 bits per heavy atom. The van der Waals surface area contributed by atoms with Crippen molar-refractivity contribution >= 4 is 10.3 Å². The predicted molar refractivity (Wildman–Crippen MR) is 46.6 cm³/mol. The summed E-state index contributed by atoms with van der Waals surface area (Å²) in [5.74, 6) is -3.71. The van der Waals surface area contributed by atoms with Crippen LogP contribution in [0.3, 0.4) is 0 Å². The Morgan fingerprint density at radius 1 is 1.33 bits per heavy atom. The van der Waals surface area contributed by atoms with Gasteiger partial charge in [-0.1, -0.05) is 0 Å². The van der Waals surface area contributed by atoms with E-state index in [4.69, 9.17) is 0 Å². The van der Waals surface area contributed by atoms with E-state index in [1.807, 2.05) is 0 Å². The fourth-order valence-corrected chi connectivity index (χ4v) is 1.28. The van der Waals surface area contributed by atoms with Gasteiger partial charge in [0, 0.05) is 0 Å². The molecule has 0 aliphatic rings. The smallest absolute Gasteiger partial charge is 0.380 e. The lowest BCUT2D eigenvalue weighted by Crippen LogP contribution is -2.19. The normalized spacial score (nSPS) is 11.2. The molecule has 0 unspecified atom stereocenters. The molecule has 1 aromatic rings. The van der Waals surface area contributed by atoms with Crippen molar-refractivity contribution in [2.75, 3.05) is 7.11 Å². The van der Waals surface area contributed by atoms with Gasteiger partial charge in [-0.25, -0.2) is 4.39 Å². The summed E-state index contributed by atoms with van der Waals surface area (Å²) in [6, 6.07) is 1.58. The Hall–Kier alpha value is -1.41. The van der Waals surface area contributed by atoms with Crippen molar-refractivity contribution in [3.05, 3.63) is 23.8 Å². The first-order chi connectivity index (χ1) is 6.85. The maximum atomic E-state index is 13.0. The summed E-state index contributed by atoms with van der Waals surface area (Å²) in [6.07, 6.45) is 0. The summed E-state index contributed by atoms with van der Waals surface area (Å²) in [7, 11) is -3.27. The first kappa shape index (κ1) is 11.7. The summed E-state index contributed by atoms with van der Waals surface area (Å²) in [5, 5.41) is 4.56. The largest absolute Gasteiger partial charge is 0.490 e. The monoisotopic (exact) mass is 239 g/mol. The second kappa shape index (κ2) is 3.99. The third kappa shape index (κ3) is 2.77. The van der Waals surface area contributed by atoms with Gasteiger partial charge in [0.05, 0.1) is 7.11 Å². The molecule has 0 aliphatic heterocycles. The van der Waals surface area contributed by atoms with Gasteiger partial charge in [-0.05, 0) is 12.1 Å². The van der Waals surface area contributed by atoms with Crippen LogP contribution in [0.2, 0.25) is 0 Å². The highest BCUT2D eigenvalue weighted by Gasteiger charge is 2.18. The third-order valence-corrected chi connectivity index (χ3v) is 1.84. The van der Waals surface area contributed by atoms with E-state index >= 15 is 0 Å². The van der Waals surface area contributed by atoms with Crippen LogP contribution in [0.25, 0.3) is 0 Å². The van der Waals surface area contributed by atoms with Crippen molar-refractivity contribution in [1.82, 2.24) is 0 Å². The maximum Gasteiger partial charge on any atom is 0.380 e. The lowest BCUT2D eigenvalue weighted by molar-refractivity contribution is 0.353. The fourth-order valence-electron chi connectivity index (χ4n) is 0.895. The van der Waals surface area contributed by atoms with Crippen LogP contribution in [-0.2, 0) is 10.3 Å². The Kier molecular flexibility index (Phi) is 3.10. The van der Waals surface area contributed by atoms with Gasteiger partial charge in [0.15, 0.2) is 11.6 Å². The summed E-state index contributed by atoms with van der Waals surface area (Å²) >= 11 is 0. The zero-order valence-corrected chi connectivity index (χ0v) is 8.35. The Morgan fingerprint density at radius 2 is 1.93 bits per heavy atom. The fraction of sp³-hybridized carbons (Fsp3) is 0.143. The van der Waals surface area contributed by atoms with E-state index in [2.05, 4.69) is 14.1 Å². The number of rotatable bonds is 3. The minimum atomic E-state index is -4.31. The second-order valence-electron chi connectivity index (χ2n) is 2.47. The van der Waals surface area contributed by atoms with Crippen molar-refractivity contribution in [2.24, 2.45) is 5.14 Å². The molecule has 0 fully saturated rings. The average molecular weight is 239 g/mol. The van der Waals surface area contributed by atoms with Gasteiger partial charge < -0.3 is 8.92 Å². The summed E-state index contributed by atoms with van der Waals surface area (Å²) < 4.78 is 55.4. The molecule has 84 valence electrons. The maximum absolute atomic E-state index is 13.0. The van der Waals surface area contributed by atoms with Crippen LogP contribution >= 0.6 is 0 Å². The van der Waals surface area contributed by atoms with Gasteiger partial charge >= 0.3 is 10.3 Å². The number of halogens is 2. The van der Waals surface area contributed by atoms with Crippen LogP contribution in [0.4, 0.5) is 8.78 Å². The van der Waals surface area contributed by atoms with Crippen molar-refractivity contribution in [3.63, 3.8) is 0 Å². The summed E-state index contributed by atoms with van der Waals surface area (Å²) in [5.41, 5.74) is 0. The third-order valence-electron chi connectivity index (χ3n) is 1.42. The molecule has 0 amide bonds. The molecule has 0 bridgehead atoms. The van der Waals surface area contributed by atoms with Crippen LogP contribution in [-0.4, -0.2) is 15.5 Å². The van der Waals surface area contributed by atoms with Crippen LogP contribution in [0.5, 0.6) is 11.5 Å². The minimum Gasteiger partial charge on any atom is -0.490 e. The number of ether oxygens (including phenoxy) is 1. The van der Waals surface area contributed by atoms with Crippen LogP contribution in [0.15, 0.2) is 12.1 Å². The molecule has 0 spiro atoms. The average Bonchev–Trinajstić information content (AvgIpc) is 2.10. The van der Waals surface area contributed by atoms with Gasteiger partial charge in [-0.15, -0.1) is 0 Å². The number of benzene rings is 1. The molecule has 1 aromatic carbocycles. The minimum absolute atomic E-state index is 0.515. The van der Waals surface area contributed by atoms with Crippen LogP contribution < -0.4 is 14.1 Å². The topological polar surface area (TPSA) is 78.6 Å². The summed E-state index contributed by atoms with van der Waals surface area (Å²) in [6.45, 7) is 0. The zero-order chi connectivity index (χ0) is 11.6. The Balaban J connectivity index is 3.25. The van der Waals surface area contributed by atoms with Crippen LogP contribution in [0, 0.1) is 11.6 Å². The molecule has 0 atom stereocenters. The van der Waals surface area contributed by atoms with E-state index < -0.39 is 33.4 Å². The lowest BCUT2D eigenvalue weighted by Gasteiger charge is -2.08. The van der Waals surface area contributed by atoms with E-state index in [-0.39, 0.29) is 0 Å². The van der Waals surface area contributed by atoms with Gasteiger partial charge in [0.1, 0.15) is 0 Å². The number of hydrogen-bond acceptors (Lipinski definition) is 4. The van der Waals surface area contributed by atoms with Crippen LogP contribution in [0.1, 0.15) is 0 Å². The second-order valence-corrected chi connectivity index (χ2v) is 3.62. The number of nitrogens with two attached hydrogens (primary N) is 1. The number of hydrogen-bond donors (Lipinski definition) is 1.